The Morgan fingerprint density at radius 1 is 1.17 bits per heavy atom. The predicted molar refractivity (Wildman–Crippen MR) is 84.1 cm³/mol. The van der Waals surface area contributed by atoms with Gasteiger partial charge in [0.1, 0.15) is 37.4 Å². The molecule has 0 amide bonds. The van der Waals surface area contributed by atoms with Crippen molar-refractivity contribution in [3.05, 3.63) is 34.4 Å². The number of rotatable bonds is 10. The first-order chi connectivity index (χ1) is 10.8. The average molecular weight is 328 g/mol. The molecule has 8 heteroatoms. The van der Waals surface area contributed by atoms with Crippen LogP contribution in [0.3, 0.4) is 0 Å². The van der Waals surface area contributed by atoms with Crippen molar-refractivity contribution in [2.75, 3.05) is 26.4 Å². The number of benzene rings is 1. The first-order valence-corrected chi connectivity index (χ1v) is 7.32. The third-order valence-corrected chi connectivity index (χ3v) is 2.68. The van der Waals surface area contributed by atoms with E-state index in [1.54, 1.807) is 24.3 Å². The van der Waals surface area contributed by atoms with E-state index < -0.39 is 11.2 Å². The van der Waals surface area contributed by atoms with E-state index in [4.69, 9.17) is 9.47 Å². The van der Waals surface area contributed by atoms with Gasteiger partial charge < -0.3 is 24.7 Å². The van der Waals surface area contributed by atoms with Crippen LogP contribution in [0, 0.1) is 10.1 Å². The van der Waals surface area contributed by atoms with Gasteiger partial charge in [-0.05, 0) is 45.0 Å². The summed E-state index contributed by atoms with van der Waals surface area (Å²) in [5, 5.41) is 22.1. The standard InChI is InChI=1S/C15H24N2O6/c1-15(2,3)16-10-12(18)11-22-14-6-4-13(5-7-14)21-8-9-23-17(19)20/h4-7,12,16,18H,8-11H2,1-3H3. The molecule has 23 heavy (non-hydrogen) atoms. The molecule has 0 saturated carbocycles. The van der Waals surface area contributed by atoms with Crippen LogP contribution in [0.5, 0.6) is 11.5 Å². The zero-order valence-electron chi connectivity index (χ0n) is 13.7. The van der Waals surface area contributed by atoms with Gasteiger partial charge in [0, 0.05) is 12.1 Å². The van der Waals surface area contributed by atoms with Crippen LogP contribution in [0.1, 0.15) is 20.8 Å². The summed E-state index contributed by atoms with van der Waals surface area (Å²) in [4.78, 5) is 14.1. The Kier molecular flexibility index (Phi) is 7.56. The molecule has 0 aliphatic carbocycles. The Morgan fingerprint density at radius 3 is 2.26 bits per heavy atom. The Labute approximate surface area is 135 Å². The van der Waals surface area contributed by atoms with E-state index in [2.05, 4.69) is 10.2 Å². The highest BCUT2D eigenvalue weighted by atomic mass is 17.0. The molecule has 8 nitrogen and oxygen atoms in total. The summed E-state index contributed by atoms with van der Waals surface area (Å²) in [5.41, 5.74) is -0.0567. The van der Waals surface area contributed by atoms with Crippen LogP contribution < -0.4 is 14.8 Å². The predicted octanol–water partition coefficient (Wildman–Crippen LogP) is 1.40. The minimum atomic E-state index is -0.861. The van der Waals surface area contributed by atoms with Crippen molar-refractivity contribution in [2.45, 2.75) is 32.4 Å². The fourth-order valence-corrected chi connectivity index (χ4v) is 1.58. The molecular weight excluding hydrogens is 304 g/mol. The molecule has 0 aliphatic rings. The van der Waals surface area contributed by atoms with E-state index in [1.807, 2.05) is 20.8 Å². The normalized spacial score (nSPS) is 12.5. The van der Waals surface area contributed by atoms with Gasteiger partial charge in [-0.25, -0.2) is 0 Å². The van der Waals surface area contributed by atoms with Gasteiger partial charge in [-0.1, -0.05) is 0 Å². The van der Waals surface area contributed by atoms with Crippen LogP contribution in [0.15, 0.2) is 24.3 Å². The maximum absolute atomic E-state index is 9.97. The maximum atomic E-state index is 9.97. The largest absolute Gasteiger partial charge is 0.492 e. The lowest BCUT2D eigenvalue weighted by molar-refractivity contribution is -0.757. The summed E-state index contributed by atoms with van der Waals surface area (Å²) in [6.07, 6.45) is -0.607. The van der Waals surface area contributed by atoms with Crippen molar-refractivity contribution in [3.8, 4) is 11.5 Å². The number of hydrogen-bond donors (Lipinski definition) is 2. The molecule has 1 aromatic carbocycles. The van der Waals surface area contributed by atoms with Gasteiger partial charge in [-0.3, -0.25) is 0 Å². The van der Waals surface area contributed by atoms with Gasteiger partial charge in [0.25, 0.3) is 5.09 Å². The minimum absolute atomic E-state index is 0.0567. The van der Waals surface area contributed by atoms with E-state index in [1.165, 1.54) is 0 Å². The molecule has 1 rings (SSSR count). The second kappa shape index (κ2) is 9.16. The second-order valence-corrected chi connectivity index (χ2v) is 5.97. The highest BCUT2D eigenvalue weighted by Gasteiger charge is 2.12. The van der Waals surface area contributed by atoms with Crippen LogP contribution in [0.4, 0.5) is 0 Å². The fourth-order valence-electron chi connectivity index (χ4n) is 1.58. The molecule has 0 aromatic heterocycles. The number of nitrogens with zero attached hydrogens (tertiary/aromatic N) is 1. The highest BCUT2D eigenvalue weighted by Crippen LogP contribution is 2.17. The summed E-state index contributed by atoms with van der Waals surface area (Å²) in [6.45, 7) is 6.65. The summed E-state index contributed by atoms with van der Waals surface area (Å²) in [6, 6.07) is 6.77. The van der Waals surface area contributed by atoms with Gasteiger partial charge in [0.15, 0.2) is 0 Å². The molecule has 0 saturated heterocycles. The lowest BCUT2D eigenvalue weighted by Gasteiger charge is -2.23. The number of aliphatic hydroxyl groups is 1. The van der Waals surface area contributed by atoms with Crippen molar-refractivity contribution < 1.29 is 24.5 Å². The SMILES string of the molecule is CC(C)(C)NCC(O)COc1ccc(OCCO[N+](=O)[O-])cc1. The lowest BCUT2D eigenvalue weighted by Crippen LogP contribution is -2.42. The minimum Gasteiger partial charge on any atom is -0.492 e. The van der Waals surface area contributed by atoms with E-state index in [0.29, 0.717) is 18.0 Å². The Morgan fingerprint density at radius 2 is 1.74 bits per heavy atom. The zero-order valence-corrected chi connectivity index (χ0v) is 13.7. The van der Waals surface area contributed by atoms with Crippen molar-refractivity contribution in [2.24, 2.45) is 0 Å². The smallest absolute Gasteiger partial charge is 0.294 e. The molecule has 2 N–H and O–H groups in total. The van der Waals surface area contributed by atoms with Crippen LogP contribution in [-0.4, -0.2) is 48.2 Å². The third kappa shape index (κ3) is 9.54. The molecule has 0 aliphatic heterocycles. The van der Waals surface area contributed by atoms with E-state index in [9.17, 15) is 15.2 Å². The van der Waals surface area contributed by atoms with Crippen molar-refractivity contribution >= 4 is 0 Å². The summed E-state index contributed by atoms with van der Waals surface area (Å²) < 4.78 is 10.8. The van der Waals surface area contributed by atoms with Crippen LogP contribution in [-0.2, 0) is 4.84 Å². The second-order valence-electron chi connectivity index (χ2n) is 5.97. The molecule has 0 radical (unpaired) electrons. The maximum Gasteiger partial charge on any atom is 0.294 e. The van der Waals surface area contributed by atoms with Gasteiger partial charge >= 0.3 is 0 Å². The molecular formula is C15H24N2O6. The van der Waals surface area contributed by atoms with Crippen molar-refractivity contribution in [3.63, 3.8) is 0 Å². The Balaban J connectivity index is 2.27. The summed E-state index contributed by atoms with van der Waals surface area (Å²) in [7, 11) is 0. The molecule has 130 valence electrons. The Bertz CT molecular complexity index is 472. The van der Waals surface area contributed by atoms with E-state index >= 15 is 0 Å². The van der Waals surface area contributed by atoms with E-state index in [0.717, 1.165) is 0 Å². The summed E-state index contributed by atoms with van der Waals surface area (Å²) >= 11 is 0. The monoisotopic (exact) mass is 328 g/mol. The van der Waals surface area contributed by atoms with Crippen LogP contribution >= 0.6 is 0 Å². The molecule has 0 heterocycles. The number of aliphatic hydroxyl groups excluding tert-OH is 1. The van der Waals surface area contributed by atoms with Crippen LogP contribution in [0.2, 0.25) is 0 Å². The number of nitrogens with one attached hydrogen (secondary N) is 1. The van der Waals surface area contributed by atoms with Crippen molar-refractivity contribution in [1.29, 1.82) is 0 Å². The van der Waals surface area contributed by atoms with Gasteiger partial charge in [-0.2, -0.15) is 0 Å². The lowest BCUT2D eigenvalue weighted by atomic mass is 10.1. The number of β-amino-alcohol motifs (C(OH)–C–C–N with tert-alkyl or cyclic N) is 1. The Hall–Kier alpha value is -2.06. The van der Waals surface area contributed by atoms with E-state index in [-0.39, 0.29) is 25.4 Å². The topological polar surface area (TPSA) is 103 Å². The zero-order chi connectivity index (χ0) is 17.3. The molecule has 1 atom stereocenters. The quantitative estimate of drug-likeness (QED) is 0.380. The first kappa shape index (κ1) is 19.0. The molecule has 0 fully saturated rings. The molecule has 0 spiro atoms. The average Bonchev–Trinajstić information content (AvgIpc) is 2.47. The van der Waals surface area contributed by atoms with Gasteiger partial charge in [0.05, 0.1) is 0 Å². The first-order valence-electron chi connectivity index (χ1n) is 7.32. The molecule has 1 aromatic rings. The van der Waals surface area contributed by atoms with Gasteiger partial charge in [-0.15, -0.1) is 10.1 Å². The fraction of sp³-hybridized carbons (Fsp3) is 0.600. The highest BCUT2D eigenvalue weighted by molar-refractivity contribution is 5.31. The number of ether oxygens (including phenoxy) is 2. The van der Waals surface area contributed by atoms with Crippen LogP contribution in [0.25, 0.3) is 0 Å². The van der Waals surface area contributed by atoms with Crippen molar-refractivity contribution in [1.82, 2.24) is 5.32 Å². The number of hydrogen-bond acceptors (Lipinski definition) is 7. The molecule has 1 unspecified atom stereocenters. The van der Waals surface area contributed by atoms with Gasteiger partial charge in [0.2, 0.25) is 0 Å². The summed E-state index contributed by atoms with van der Waals surface area (Å²) in [5.74, 6) is 1.16. The third-order valence-electron chi connectivity index (χ3n) is 2.68. The molecule has 0 bridgehead atoms.